The molecule has 0 aromatic carbocycles. The lowest BCUT2D eigenvalue weighted by molar-refractivity contribution is -0.105. The number of halogens is 2. The molecule has 2 aliphatic rings. The number of nitrogens with zero attached hydrogens (tertiary/aromatic N) is 7. The number of fused-ring (bicyclic) bond motifs is 1. The van der Waals surface area contributed by atoms with E-state index in [0.29, 0.717) is 48.0 Å². The van der Waals surface area contributed by atoms with Gasteiger partial charge >= 0.3 is 5.92 Å². The van der Waals surface area contributed by atoms with Crippen molar-refractivity contribution < 1.29 is 13.6 Å². The van der Waals surface area contributed by atoms with E-state index in [1.165, 1.54) is 16.9 Å². The first kappa shape index (κ1) is 23.5. The van der Waals surface area contributed by atoms with E-state index in [4.69, 9.17) is 0 Å². The second-order valence-corrected chi connectivity index (χ2v) is 8.42. The number of amides is 1. The SMILES string of the molecule is CC.CC(F)(F)c1nccc(-n2nc(N3CCC(C#N)(C4CC4)C3)c3cnc(NC=O)cc32)n1. The van der Waals surface area contributed by atoms with Crippen LogP contribution < -0.4 is 10.2 Å². The Morgan fingerprint density at radius 1 is 1.32 bits per heavy atom. The largest absolute Gasteiger partial charge is 0.353 e. The first-order valence-corrected chi connectivity index (χ1v) is 11.3. The maximum atomic E-state index is 13.8. The molecule has 3 aromatic rings. The fourth-order valence-corrected chi connectivity index (χ4v) is 4.39. The van der Waals surface area contributed by atoms with Gasteiger partial charge in [-0.25, -0.2) is 19.6 Å². The van der Waals surface area contributed by atoms with Crippen LogP contribution in [0.15, 0.2) is 24.5 Å². The van der Waals surface area contributed by atoms with Crippen LogP contribution in [0.4, 0.5) is 20.4 Å². The Morgan fingerprint density at radius 2 is 2.09 bits per heavy atom. The average molecular weight is 469 g/mol. The van der Waals surface area contributed by atoms with Crippen LogP contribution in [0.5, 0.6) is 0 Å². The molecule has 9 nitrogen and oxygen atoms in total. The maximum Gasteiger partial charge on any atom is 0.303 e. The van der Waals surface area contributed by atoms with E-state index in [-0.39, 0.29) is 5.82 Å². The van der Waals surface area contributed by atoms with Crippen LogP contribution in [0, 0.1) is 22.7 Å². The zero-order valence-corrected chi connectivity index (χ0v) is 19.3. The number of alkyl halides is 2. The van der Waals surface area contributed by atoms with Crippen molar-refractivity contribution in [3.63, 3.8) is 0 Å². The van der Waals surface area contributed by atoms with E-state index < -0.39 is 17.2 Å². The summed E-state index contributed by atoms with van der Waals surface area (Å²) >= 11 is 0. The number of rotatable bonds is 6. The number of aromatic nitrogens is 5. The van der Waals surface area contributed by atoms with Gasteiger partial charge in [-0.05, 0) is 25.2 Å². The normalized spacial score (nSPS) is 19.9. The molecule has 1 atom stereocenters. The lowest BCUT2D eigenvalue weighted by Crippen LogP contribution is -2.28. The van der Waals surface area contributed by atoms with Gasteiger partial charge in [-0.3, -0.25) is 4.79 Å². The highest BCUT2D eigenvalue weighted by Crippen LogP contribution is 2.51. The van der Waals surface area contributed by atoms with Crippen LogP contribution in [0.1, 0.15) is 45.9 Å². The minimum atomic E-state index is -3.21. The predicted molar refractivity (Wildman–Crippen MR) is 123 cm³/mol. The van der Waals surface area contributed by atoms with Gasteiger partial charge in [0.1, 0.15) is 5.82 Å². The third-order valence-corrected chi connectivity index (χ3v) is 6.19. The molecular weight excluding hydrogens is 442 g/mol. The van der Waals surface area contributed by atoms with Gasteiger partial charge in [-0.2, -0.15) is 14.0 Å². The number of nitrogens with one attached hydrogen (secondary N) is 1. The number of anilines is 2. The molecule has 1 unspecified atom stereocenters. The number of hydrogen-bond acceptors (Lipinski definition) is 7. The Bertz CT molecular complexity index is 1240. The standard InChI is InChI=1S/C21H20F2N8O.C2H6/c1-20(22,23)19-25-6-4-17(28-19)31-15-8-16(27-12-32)26-9-14(15)18(29-31)30-7-5-21(10-24,11-30)13-2-3-13;1-2/h4,6,8-9,12-13H,2-3,5,7,11H2,1H3,(H,26,27,32);1-2H3. The lowest BCUT2D eigenvalue weighted by Gasteiger charge is -2.21. The van der Waals surface area contributed by atoms with Crippen LogP contribution in [0.25, 0.3) is 16.7 Å². The van der Waals surface area contributed by atoms with Gasteiger partial charge in [0.25, 0.3) is 0 Å². The van der Waals surface area contributed by atoms with Gasteiger partial charge in [0, 0.05) is 44.5 Å². The second-order valence-electron chi connectivity index (χ2n) is 8.42. The van der Waals surface area contributed by atoms with E-state index in [1.54, 1.807) is 12.3 Å². The van der Waals surface area contributed by atoms with Crippen LogP contribution in [-0.2, 0) is 10.7 Å². The summed E-state index contributed by atoms with van der Waals surface area (Å²) in [6, 6.07) is 5.64. The van der Waals surface area contributed by atoms with Crippen LogP contribution >= 0.6 is 0 Å². The molecule has 1 amide bonds. The van der Waals surface area contributed by atoms with Gasteiger partial charge in [-0.15, -0.1) is 5.10 Å². The zero-order valence-electron chi connectivity index (χ0n) is 19.3. The zero-order chi connectivity index (χ0) is 24.5. The smallest absolute Gasteiger partial charge is 0.303 e. The summed E-state index contributed by atoms with van der Waals surface area (Å²) in [5.41, 5.74) is 0.152. The van der Waals surface area contributed by atoms with Crippen molar-refractivity contribution in [2.75, 3.05) is 23.3 Å². The molecule has 11 heteroatoms. The monoisotopic (exact) mass is 468 g/mol. The molecule has 0 spiro atoms. The summed E-state index contributed by atoms with van der Waals surface area (Å²) in [5, 5.41) is 17.7. The third kappa shape index (κ3) is 4.16. The summed E-state index contributed by atoms with van der Waals surface area (Å²) < 4.78 is 29.1. The van der Waals surface area contributed by atoms with E-state index in [2.05, 4.69) is 31.4 Å². The fourth-order valence-electron chi connectivity index (χ4n) is 4.39. The number of nitriles is 1. The van der Waals surface area contributed by atoms with Gasteiger partial charge in [-0.1, -0.05) is 13.8 Å². The molecule has 1 saturated carbocycles. The molecule has 178 valence electrons. The van der Waals surface area contributed by atoms with Crippen molar-refractivity contribution in [3.05, 3.63) is 30.4 Å². The number of pyridine rings is 1. The van der Waals surface area contributed by atoms with E-state index in [9.17, 15) is 18.8 Å². The molecular formula is C23H26F2N8O. The molecule has 1 N–H and O–H groups in total. The summed E-state index contributed by atoms with van der Waals surface area (Å²) in [6.07, 6.45) is 6.23. The van der Waals surface area contributed by atoms with Crippen molar-refractivity contribution in [1.29, 1.82) is 5.26 Å². The Morgan fingerprint density at radius 3 is 2.74 bits per heavy atom. The summed E-state index contributed by atoms with van der Waals surface area (Å²) in [5.74, 6) is -2.35. The maximum absolute atomic E-state index is 13.8. The number of carbonyl (C=O) groups excluding carboxylic acids is 1. The van der Waals surface area contributed by atoms with Crippen LogP contribution in [-0.4, -0.2) is 44.2 Å². The highest BCUT2D eigenvalue weighted by molar-refractivity contribution is 5.93. The van der Waals surface area contributed by atoms with Gasteiger partial charge in [0.05, 0.1) is 22.4 Å². The topological polar surface area (TPSA) is 113 Å². The van der Waals surface area contributed by atoms with Gasteiger partial charge in [0.2, 0.25) is 12.2 Å². The van der Waals surface area contributed by atoms with Crippen molar-refractivity contribution in [1.82, 2.24) is 24.7 Å². The van der Waals surface area contributed by atoms with Crippen molar-refractivity contribution >= 4 is 28.9 Å². The number of hydrogen-bond donors (Lipinski definition) is 1. The van der Waals surface area contributed by atoms with E-state index in [0.717, 1.165) is 26.2 Å². The fraction of sp³-hybridized carbons (Fsp3) is 0.478. The van der Waals surface area contributed by atoms with Crippen molar-refractivity contribution in [3.8, 4) is 11.9 Å². The minimum Gasteiger partial charge on any atom is -0.353 e. The Hall–Kier alpha value is -3.68. The Labute approximate surface area is 195 Å². The average Bonchev–Trinajstić information content (AvgIpc) is 3.50. The first-order valence-electron chi connectivity index (χ1n) is 11.3. The number of carbonyl (C=O) groups is 1. The third-order valence-electron chi connectivity index (χ3n) is 6.19. The molecule has 1 aliphatic carbocycles. The van der Waals surface area contributed by atoms with Crippen molar-refractivity contribution in [2.45, 2.75) is 46.0 Å². The van der Waals surface area contributed by atoms with Gasteiger partial charge in [0.15, 0.2) is 11.6 Å². The summed E-state index contributed by atoms with van der Waals surface area (Å²) in [6.45, 7) is 5.95. The van der Waals surface area contributed by atoms with Crippen LogP contribution in [0.3, 0.4) is 0 Å². The highest BCUT2D eigenvalue weighted by Gasteiger charge is 2.50. The predicted octanol–water partition coefficient (Wildman–Crippen LogP) is 4.05. The highest BCUT2D eigenvalue weighted by atomic mass is 19.3. The van der Waals surface area contributed by atoms with Gasteiger partial charge < -0.3 is 10.2 Å². The molecule has 0 radical (unpaired) electrons. The van der Waals surface area contributed by atoms with Crippen LogP contribution in [0.2, 0.25) is 0 Å². The van der Waals surface area contributed by atoms with E-state index >= 15 is 0 Å². The summed E-state index contributed by atoms with van der Waals surface area (Å²) in [4.78, 5) is 24.9. The van der Waals surface area contributed by atoms with Crippen molar-refractivity contribution in [2.24, 2.45) is 11.3 Å². The summed E-state index contributed by atoms with van der Waals surface area (Å²) in [7, 11) is 0. The molecule has 4 heterocycles. The molecule has 2 fully saturated rings. The Kier molecular flexibility index (Phi) is 6.17. The molecule has 34 heavy (non-hydrogen) atoms. The first-order chi connectivity index (χ1) is 16.3. The molecule has 0 bridgehead atoms. The molecule has 3 aromatic heterocycles. The van der Waals surface area contributed by atoms with E-state index in [1.807, 2.05) is 18.7 Å². The quantitative estimate of drug-likeness (QED) is 0.543. The second kappa shape index (κ2) is 8.93. The molecule has 1 saturated heterocycles. The minimum absolute atomic E-state index is 0.170. The Balaban J connectivity index is 0.00000133. The molecule has 1 aliphatic heterocycles. The lowest BCUT2D eigenvalue weighted by atomic mass is 9.83. The molecule has 5 rings (SSSR count).